The van der Waals surface area contributed by atoms with Gasteiger partial charge in [0.15, 0.2) is 0 Å². The number of aromatic amines is 1. The second-order valence-electron chi connectivity index (χ2n) is 1.54. The summed E-state index contributed by atoms with van der Waals surface area (Å²) in [6.45, 7) is 0. The molecule has 0 bridgehead atoms. The molecular weight excluding hydrogens is 184 g/mol. The predicted octanol–water partition coefficient (Wildman–Crippen LogP) is 0.665. The van der Waals surface area contributed by atoms with Crippen LogP contribution in [0.2, 0.25) is 0 Å². The molecule has 0 saturated heterocycles. The van der Waals surface area contributed by atoms with E-state index in [-0.39, 0.29) is 5.56 Å². The van der Waals surface area contributed by atoms with Crippen LogP contribution in [0.1, 0.15) is 5.69 Å². The lowest BCUT2D eigenvalue weighted by atomic mass is 10.5. The summed E-state index contributed by atoms with van der Waals surface area (Å²) in [5, 5.41) is 0.622. The molecule has 4 heteroatoms. The Bertz CT molecular complexity index is 245. The summed E-state index contributed by atoms with van der Waals surface area (Å²) in [7, 11) is 0. The molecule has 0 radical (unpaired) electrons. The van der Waals surface area contributed by atoms with Gasteiger partial charge >= 0.3 is 0 Å². The normalized spacial score (nSPS) is 9.44. The molecule has 3 nitrogen and oxygen atoms in total. The van der Waals surface area contributed by atoms with Crippen molar-refractivity contribution < 1.29 is 0 Å². The minimum absolute atomic E-state index is 0.112. The summed E-state index contributed by atoms with van der Waals surface area (Å²) >= 11 is 3.18. The first kappa shape index (κ1) is 6.48. The molecule has 9 heavy (non-hydrogen) atoms. The van der Waals surface area contributed by atoms with Crippen molar-refractivity contribution >= 4 is 15.9 Å². The molecule has 1 aromatic heterocycles. The van der Waals surface area contributed by atoms with Crippen LogP contribution in [0.5, 0.6) is 0 Å². The molecule has 0 unspecified atom stereocenters. The molecule has 0 aliphatic rings. The number of hydrogen-bond donors (Lipinski definition) is 1. The van der Waals surface area contributed by atoms with Crippen LogP contribution >= 0.6 is 15.9 Å². The van der Waals surface area contributed by atoms with Crippen LogP contribution in [-0.4, -0.2) is 9.97 Å². The van der Waals surface area contributed by atoms with E-state index in [1.807, 2.05) is 0 Å². The summed E-state index contributed by atoms with van der Waals surface area (Å²) in [4.78, 5) is 16.8. The maximum absolute atomic E-state index is 10.5. The second-order valence-corrected chi connectivity index (χ2v) is 2.10. The quantitative estimate of drug-likeness (QED) is 0.659. The van der Waals surface area contributed by atoms with E-state index >= 15 is 0 Å². The molecule has 1 aromatic rings. The van der Waals surface area contributed by atoms with E-state index < -0.39 is 0 Å². The van der Waals surface area contributed by atoms with Gasteiger partial charge in [-0.05, 0) is 0 Å². The average Bonchev–Trinajstić information content (AvgIpc) is 1.88. The highest BCUT2D eigenvalue weighted by molar-refractivity contribution is 9.08. The van der Waals surface area contributed by atoms with Gasteiger partial charge in [0, 0.05) is 11.4 Å². The monoisotopic (exact) mass is 188 g/mol. The van der Waals surface area contributed by atoms with Gasteiger partial charge in [0.05, 0.1) is 12.0 Å². The maximum atomic E-state index is 10.5. The Kier molecular flexibility index (Phi) is 2.00. The SMILES string of the molecule is O=c1cc(CBr)nc[nH]1. The van der Waals surface area contributed by atoms with Crippen LogP contribution in [0.4, 0.5) is 0 Å². The van der Waals surface area contributed by atoms with Gasteiger partial charge in [-0.2, -0.15) is 0 Å². The van der Waals surface area contributed by atoms with Crippen molar-refractivity contribution in [1.82, 2.24) is 9.97 Å². The third-order valence-electron chi connectivity index (χ3n) is 0.872. The third kappa shape index (κ3) is 1.64. The molecule has 0 spiro atoms. The Balaban J connectivity index is 3.08. The van der Waals surface area contributed by atoms with Crippen molar-refractivity contribution in [2.45, 2.75) is 5.33 Å². The molecule has 0 aromatic carbocycles. The van der Waals surface area contributed by atoms with E-state index in [0.29, 0.717) is 5.33 Å². The Labute approximate surface area is 60.3 Å². The summed E-state index contributed by atoms with van der Waals surface area (Å²) in [6, 6.07) is 1.45. The molecule has 0 fully saturated rings. The van der Waals surface area contributed by atoms with E-state index in [9.17, 15) is 4.79 Å². The molecular formula is C5H5BrN2O. The van der Waals surface area contributed by atoms with E-state index in [1.54, 1.807) is 0 Å². The number of aromatic nitrogens is 2. The Morgan fingerprint density at radius 2 is 2.56 bits per heavy atom. The zero-order valence-corrected chi connectivity index (χ0v) is 6.18. The van der Waals surface area contributed by atoms with Gasteiger partial charge in [-0.25, -0.2) is 4.98 Å². The molecule has 1 rings (SSSR count). The van der Waals surface area contributed by atoms with E-state index in [4.69, 9.17) is 0 Å². The van der Waals surface area contributed by atoms with Crippen molar-refractivity contribution in [2.24, 2.45) is 0 Å². The van der Waals surface area contributed by atoms with Crippen LogP contribution in [0.25, 0.3) is 0 Å². The minimum atomic E-state index is -0.112. The van der Waals surface area contributed by atoms with Crippen molar-refractivity contribution in [3.8, 4) is 0 Å². The molecule has 1 heterocycles. The lowest BCUT2D eigenvalue weighted by Crippen LogP contribution is -2.05. The number of H-pyrrole nitrogens is 1. The number of halogens is 1. The highest BCUT2D eigenvalue weighted by Gasteiger charge is 1.88. The largest absolute Gasteiger partial charge is 0.313 e. The van der Waals surface area contributed by atoms with Gasteiger partial charge < -0.3 is 4.98 Å². The Morgan fingerprint density at radius 3 is 3.00 bits per heavy atom. The van der Waals surface area contributed by atoms with Crippen molar-refractivity contribution in [3.63, 3.8) is 0 Å². The summed E-state index contributed by atoms with van der Waals surface area (Å²) < 4.78 is 0. The number of nitrogens with zero attached hydrogens (tertiary/aromatic N) is 1. The molecule has 0 atom stereocenters. The first-order chi connectivity index (χ1) is 4.33. The van der Waals surface area contributed by atoms with Gasteiger partial charge in [-0.15, -0.1) is 0 Å². The fourth-order valence-electron chi connectivity index (χ4n) is 0.482. The maximum Gasteiger partial charge on any atom is 0.250 e. The van der Waals surface area contributed by atoms with E-state index in [2.05, 4.69) is 25.9 Å². The third-order valence-corrected chi connectivity index (χ3v) is 1.45. The molecule has 0 amide bonds. The van der Waals surface area contributed by atoms with Crippen LogP contribution in [0.3, 0.4) is 0 Å². The lowest BCUT2D eigenvalue weighted by molar-refractivity contribution is 1.06. The second kappa shape index (κ2) is 2.77. The number of alkyl halides is 1. The Morgan fingerprint density at radius 1 is 1.78 bits per heavy atom. The number of nitrogens with one attached hydrogen (secondary N) is 1. The van der Waals surface area contributed by atoms with Gasteiger partial charge in [-0.3, -0.25) is 4.79 Å². The fourth-order valence-corrected chi connectivity index (χ4v) is 0.789. The number of rotatable bonds is 1. The van der Waals surface area contributed by atoms with Crippen LogP contribution < -0.4 is 5.56 Å². The highest BCUT2D eigenvalue weighted by Crippen LogP contribution is 1.94. The first-order valence-corrected chi connectivity index (χ1v) is 3.54. The number of hydrogen-bond acceptors (Lipinski definition) is 2. The van der Waals surface area contributed by atoms with Crippen molar-refractivity contribution in [3.05, 3.63) is 28.4 Å². The minimum Gasteiger partial charge on any atom is -0.313 e. The zero-order chi connectivity index (χ0) is 6.69. The topological polar surface area (TPSA) is 45.8 Å². The Hall–Kier alpha value is -0.640. The molecule has 0 saturated carbocycles. The summed E-state index contributed by atoms with van der Waals surface area (Å²) in [6.07, 6.45) is 1.39. The molecule has 1 N–H and O–H groups in total. The van der Waals surface area contributed by atoms with Crippen LogP contribution in [-0.2, 0) is 5.33 Å². The van der Waals surface area contributed by atoms with Gasteiger partial charge in [0.25, 0.3) is 5.56 Å². The van der Waals surface area contributed by atoms with E-state index in [0.717, 1.165) is 5.69 Å². The summed E-state index contributed by atoms with van der Waals surface area (Å²) in [5.41, 5.74) is 0.637. The molecule has 0 aliphatic heterocycles. The standard InChI is InChI=1S/C5H5BrN2O/c6-2-4-1-5(9)8-3-7-4/h1,3H,2H2,(H,7,8,9). The summed E-state index contributed by atoms with van der Waals surface area (Å²) in [5.74, 6) is 0. The average molecular weight is 189 g/mol. The van der Waals surface area contributed by atoms with Crippen molar-refractivity contribution in [1.29, 1.82) is 0 Å². The predicted molar refractivity (Wildman–Crippen MR) is 37.5 cm³/mol. The van der Waals surface area contributed by atoms with Gasteiger partial charge in [0.1, 0.15) is 0 Å². The molecule has 48 valence electrons. The van der Waals surface area contributed by atoms with Gasteiger partial charge in [-0.1, -0.05) is 15.9 Å². The first-order valence-electron chi connectivity index (χ1n) is 2.42. The van der Waals surface area contributed by atoms with Crippen molar-refractivity contribution in [2.75, 3.05) is 0 Å². The molecule has 0 aliphatic carbocycles. The van der Waals surface area contributed by atoms with Crippen LogP contribution in [0.15, 0.2) is 17.2 Å². The zero-order valence-electron chi connectivity index (χ0n) is 4.60. The fraction of sp³-hybridized carbons (Fsp3) is 0.200. The van der Waals surface area contributed by atoms with Crippen LogP contribution in [0, 0.1) is 0 Å². The lowest BCUT2D eigenvalue weighted by Gasteiger charge is -1.87. The van der Waals surface area contributed by atoms with E-state index in [1.165, 1.54) is 12.4 Å². The smallest absolute Gasteiger partial charge is 0.250 e. The van der Waals surface area contributed by atoms with Gasteiger partial charge in [0.2, 0.25) is 0 Å². The highest BCUT2D eigenvalue weighted by atomic mass is 79.9.